The van der Waals surface area contributed by atoms with Gasteiger partial charge in [0.1, 0.15) is 0 Å². The Hall–Kier alpha value is -0.870. The van der Waals surface area contributed by atoms with Crippen LogP contribution in [0.3, 0.4) is 0 Å². The second-order valence-electron chi connectivity index (χ2n) is 2.68. The molecule has 0 aliphatic rings. The Morgan fingerprint density at radius 2 is 2.23 bits per heavy atom. The first kappa shape index (κ1) is 8.72. The summed E-state index contributed by atoms with van der Waals surface area (Å²) in [6.45, 7) is 0. The Morgan fingerprint density at radius 3 is 2.92 bits per heavy atom. The zero-order valence-corrected chi connectivity index (χ0v) is 8.71. The Bertz CT molecular complexity index is 450. The number of nitrogen functional groups attached to an aromatic ring is 1. The number of aromatic hydroxyl groups is 1. The van der Waals surface area contributed by atoms with Crippen molar-refractivity contribution in [1.82, 2.24) is 0 Å². The van der Waals surface area contributed by atoms with E-state index in [1.165, 1.54) is 11.3 Å². The third-order valence-corrected chi connectivity index (χ3v) is 3.64. The smallest absolute Gasteiger partial charge is 0.172 e. The van der Waals surface area contributed by atoms with Gasteiger partial charge in [-0.25, -0.2) is 0 Å². The van der Waals surface area contributed by atoms with Crippen LogP contribution in [0.25, 0.3) is 10.1 Å². The lowest BCUT2D eigenvalue weighted by molar-refractivity contribution is 0.491. The molecule has 0 aliphatic carbocycles. The molecular formula is C9H9NOS2. The van der Waals surface area contributed by atoms with Gasteiger partial charge in [-0.3, -0.25) is 0 Å². The average molecular weight is 211 g/mol. The molecule has 68 valence electrons. The molecule has 3 N–H and O–H groups in total. The van der Waals surface area contributed by atoms with Crippen LogP contribution >= 0.6 is 23.1 Å². The van der Waals surface area contributed by atoms with Crippen LogP contribution in [0.15, 0.2) is 23.1 Å². The molecule has 2 rings (SSSR count). The number of nitrogens with two attached hydrogens (primary N) is 1. The molecule has 0 unspecified atom stereocenters. The van der Waals surface area contributed by atoms with E-state index in [4.69, 9.17) is 5.73 Å². The summed E-state index contributed by atoms with van der Waals surface area (Å²) in [6, 6.07) is 5.58. The van der Waals surface area contributed by atoms with Crippen LogP contribution < -0.4 is 5.73 Å². The highest BCUT2D eigenvalue weighted by Crippen LogP contribution is 2.38. The minimum atomic E-state index is 0.343. The maximum Gasteiger partial charge on any atom is 0.172 e. The number of anilines is 1. The fourth-order valence-electron chi connectivity index (χ4n) is 1.32. The highest BCUT2D eigenvalue weighted by atomic mass is 32.2. The summed E-state index contributed by atoms with van der Waals surface area (Å²) >= 11 is 2.99. The summed E-state index contributed by atoms with van der Waals surface area (Å²) in [6.07, 6.45) is 1.99. The third kappa shape index (κ3) is 1.36. The van der Waals surface area contributed by atoms with Crippen molar-refractivity contribution in [2.45, 2.75) is 4.90 Å². The summed E-state index contributed by atoms with van der Waals surface area (Å²) in [5.74, 6) is 0. The fraction of sp³-hybridized carbons (Fsp3) is 0.111. The van der Waals surface area contributed by atoms with Gasteiger partial charge in [-0.2, -0.15) is 0 Å². The second-order valence-corrected chi connectivity index (χ2v) is 4.56. The number of fused-ring (bicyclic) bond motifs is 1. The van der Waals surface area contributed by atoms with Crippen molar-refractivity contribution in [3.63, 3.8) is 0 Å². The monoisotopic (exact) mass is 211 g/mol. The molecule has 0 bridgehead atoms. The topological polar surface area (TPSA) is 46.2 Å². The predicted molar refractivity (Wildman–Crippen MR) is 59.7 cm³/mol. The van der Waals surface area contributed by atoms with Crippen LogP contribution in [-0.4, -0.2) is 11.4 Å². The molecule has 0 atom stereocenters. The lowest BCUT2D eigenvalue weighted by atomic mass is 10.2. The number of hydrogen-bond acceptors (Lipinski definition) is 4. The summed E-state index contributed by atoms with van der Waals surface area (Å²) in [4.78, 5) is 1.05. The van der Waals surface area contributed by atoms with Gasteiger partial charge in [-0.05, 0) is 18.4 Å². The van der Waals surface area contributed by atoms with Crippen LogP contribution in [0.4, 0.5) is 5.69 Å². The van der Waals surface area contributed by atoms with Crippen molar-refractivity contribution in [2.75, 3.05) is 12.0 Å². The van der Waals surface area contributed by atoms with Crippen LogP contribution in [0, 0.1) is 0 Å². The Labute approximate surface area is 84.4 Å². The predicted octanol–water partition coefficient (Wildman–Crippen LogP) is 2.91. The van der Waals surface area contributed by atoms with E-state index in [0.717, 1.165) is 20.7 Å². The van der Waals surface area contributed by atoms with Gasteiger partial charge < -0.3 is 10.8 Å². The summed E-state index contributed by atoms with van der Waals surface area (Å²) < 4.78 is 1.08. The van der Waals surface area contributed by atoms with E-state index in [9.17, 15) is 5.11 Å². The second kappa shape index (κ2) is 3.12. The maximum atomic E-state index is 9.34. The van der Waals surface area contributed by atoms with Crippen molar-refractivity contribution in [3.05, 3.63) is 18.2 Å². The van der Waals surface area contributed by atoms with Crippen LogP contribution in [0.2, 0.25) is 0 Å². The van der Waals surface area contributed by atoms with E-state index >= 15 is 0 Å². The van der Waals surface area contributed by atoms with E-state index in [1.54, 1.807) is 17.8 Å². The summed E-state index contributed by atoms with van der Waals surface area (Å²) in [7, 11) is 0. The minimum absolute atomic E-state index is 0.343. The standard InChI is InChI=1S/C9H9NOS2/c1-12-9-5-4-8(11)13-7(5)3-2-6(9)10/h2-4,11H,10H2,1H3. The van der Waals surface area contributed by atoms with Gasteiger partial charge in [0.15, 0.2) is 5.06 Å². The summed E-state index contributed by atoms with van der Waals surface area (Å²) in [5.41, 5.74) is 6.58. The lowest BCUT2D eigenvalue weighted by Crippen LogP contribution is -1.86. The number of thioether (sulfide) groups is 1. The number of thiophene rings is 1. The van der Waals surface area contributed by atoms with E-state index in [-0.39, 0.29) is 0 Å². The molecule has 0 amide bonds. The first-order chi connectivity index (χ1) is 6.22. The molecular weight excluding hydrogens is 202 g/mol. The molecule has 0 fully saturated rings. The zero-order chi connectivity index (χ0) is 9.42. The van der Waals surface area contributed by atoms with Gasteiger partial charge in [0.05, 0.1) is 0 Å². The molecule has 1 aromatic heterocycles. The zero-order valence-electron chi connectivity index (χ0n) is 7.07. The molecule has 0 spiro atoms. The highest BCUT2D eigenvalue weighted by Gasteiger charge is 2.07. The molecule has 1 heterocycles. The largest absolute Gasteiger partial charge is 0.499 e. The van der Waals surface area contributed by atoms with Gasteiger partial charge in [0.2, 0.25) is 0 Å². The molecule has 0 saturated heterocycles. The number of benzene rings is 1. The molecule has 2 aromatic rings. The molecule has 0 aliphatic heterocycles. The SMILES string of the molecule is CSc1c(N)ccc2sc(O)cc12. The Balaban J connectivity index is 2.82. The maximum absolute atomic E-state index is 9.34. The van der Waals surface area contributed by atoms with Gasteiger partial charge in [-0.1, -0.05) is 11.3 Å². The quantitative estimate of drug-likeness (QED) is 0.563. The average Bonchev–Trinajstić information content (AvgIpc) is 2.45. The van der Waals surface area contributed by atoms with E-state index in [0.29, 0.717) is 5.06 Å². The number of hydrogen-bond donors (Lipinski definition) is 2. The minimum Gasteiger partial charge on any atom is -0.499 e. The van der Waals surface area contributed by atoms with E-state index in [2.05, 4.69) is 0 Å². The molecule has 13 heavy (non-hydrogen) atoms. The van der Waals surface area contributed by atoms with E-state index in [1.807, 2.05) is 18.4 Å². The Morgan fingerprint density at radius 1 is 1.46 bits per heavy atom. The third-order valence-electron chi connectivity index (χ3n) is 1.87. The van der Waals surface area contributed by atoms with Gasteiger partial charge in [0.25, 0.3) is 0 Å². The van der Waals surface area contributed by atoms with Crippen molar-refractivity contribution in [2.24, 2.45) is 0 Å². The van der Waals surface area contributed by atoms with Crippen LogP contribution in [0.1, 0.15) is 0 Å². The van der Waals surface area contributed by atoms with Crippen LogP contribution in [0.5, 0.6) is 5.06 Å². The molecule has 0 saturated carbocycles. The van der Waals surface area contributed by atoms with Gasteiger partial charge in [-0.15, -0.1) is 11.8 Å². The lowest BCUT2D eigenvalue weighted by Gasteiger charge is -2.02. The number of rotatable bonds is 1. The molecule has 2 nitrogen and oxygen atoms in total. The molecule has 4 heteroatoms. The van der Waals surface area contributed by atoms with Crippen molar-refractivity contribution >= 4 is 38.9 Å². The molecule has 0 radical (unpaired) electrons. The van der Waals surface area contributed by atoms with Crippen molar-refractivity contribution in [3.8, 4) is 5.06 Å². The highest BCUT2D eigenvalue weighted by molar-refractivity contribution is 7.99. The van der Waals surface area contributed by atoms with Gasteiger partial charge >= 0.3 is 0 Å². The van der Waals surface area contributed by atoms with Crippen LogP contribution in [-0.2, 0) is 0 Å². The first-order valence-electron chi connectivity index (χ1n) is 3.77. The van der Waals surface area contributed by atoms with Gasteiger partial charge in [0, 0.05) is 26.7 Å². The van der Waals surface area contributed by atoms with E-state index < -0.39 is 0 Å². The van der Waals surface area contributed by atoms with Crippen molar-refractivity contribution < 1.29 is 5.11 Å². The fourth-order valence-corrected chi connectivity index (χ4v) is 2.88. The Kier molecular flexibility index (Phi) is 2.09. The summed E-state index contributed by atoms with van der Waals surface area (Å²) in [5, 5.41) is 10.7. The molecule has 1 aromatic carbocycles. The first-order valence-corrected chi connectivity index (χ1v) is 5.81. The normalized spacial score (nSPS) is 10.8. The van der Waals surface area contributed by atoms with Crippen molar-refractivity contribution in [1.29, 1.82) is 0 Å².